The van der Waals surface area contributed by atoms with E-state index in [1.54, 1.807) is 0 Å². The van der Waals surface area contributed by atoms with Crippen LogP contribution in [0.2, 0.25) is 0 Å². The van der Waals surface area contributed by atoms with Crippen molar-refractivity contribution in [3.8, 4) is 0 Å². The summed E-state index contributed by atoms with van der Waals surface area (Å²) >= 11 is 4.80. The van der Waals surface area contributed by atoms with E-state index in [0.717, 1.165) is 0 Å². The first-order valence-electron chi connectivity index (χ1n) is 3.40. The second-order valence-electron chi connectivity index (χ2n) is 2.51. The summed E-state index contributed by atoms with van der Waals surface area (Å²) in [6.45, 7) is 0. The van der Waals surface area contributed by atoms with Crippen LogP contribution in [0.3, 0.4) is 0 Å². The molecule has 0 heterocycles. The van der Waals surface area contributed by atoms with E-state index >= 15 is 0 Å². The van der Waals surface area contributed by atoms with Gasteiger partial charge in [0.2, 0.25) is 0 Å². The van der Waals surface area contributed by atoms with E-state index in [4.69, 9.17) is 20.7 Å². The maximum absolute atomic E-state index is 12.9. The Morgan fingerprint density at radius 3 is 1.94 bits per heavy atom. The third-order valence-corrected chi connectivity index (χ3v) is 3.44. The van der Waals surface area contributed by atoms with Crippen LogP contribution in [0.4, 0.5) is 8.78 Å². The second kappa shape index (κ2) is 4.97. The highest BCUT2D eigenvalue weighted by molar-refractivity contribution is 7.90. The lowest BCUT2D eigenvalue weighted by molar-refractivity contribution is -0.150. The Balaban J connectivity index is 5.60. The number of hydrogen-bond acceptors (Lipinski definition) is 6. The monoisotopic (exact) mass is 318 g/mol. The van der Waals surface area contributed by atoms with Crippen LogP contribution in [0.15, 0.2) is 0 Å². The van der Waals surface area contributed by atoms with E-state index in [1.165, 1.54) is 0 Å². The minimum Gasteiger partial charge on any atom is -0.434 e. The number of carbonyl (C=O) groups excluding carboxylic acids is 1. The predicted molar refractivity (Wildman–Crippen MR) is 48.6 cm³/mol. The molecule has 8 nitrogen and oxygen atoms in total. The molecule has 0 aliphatic carbocycles. The van der Waals surface area contributed by atoms with E-state index in [0.29, 0.717) is 0 Å². The molecule has 0 fully saturated rings. The number of esters is 1. The fourth-order valence-corrected chi connectivity index (χ4v) is 2.23. The van der Waals surface area contributed by atoms with Crippen molar-refractivity contribution in [2.75, 3.05) is 5.88 Å². The molecule has 0 aliphatic rings. The molecule has 17 heavy (non-hydrogen) atoms. The van der Waals surface area contributed by atoms with E-state index in [9.17, 15) is 30.4 Å². The van der Waals surface area contributed by atoms with Crippen molar-refractivity contribution >= 4 is 37.8 Å². The minimum absolute atomic E-state index is 1.08. The van der Waals surface area contributed by atoms with Crippen molar-refractivity contribution in [3.63, 3.8) is 0 Å². The molecule has 0 radical (unpaired) electrons. The van der Waals surface area contributed by atoms with E-state index in [1.807, 2.05) is 0 Å². The largest absolute Gasteiger partial charge is 0.434 e. The lowest BCUT2D eigenvalue weighted by Gasteiger charge is -2.21. The van der Waals surface area contributed by atoms with Crippen molar-refractivity contribution in [2.45, 2.75) is 10.7 Å². The van der Waals surface area contributed by atoms with E-state index in [-0.39, 0.29) is 0 Å². The van der Waals surface area contributed by atoms with Gasteiger partial charge >= 0.3 is 36.9 Å². The molecule has 1 atom stereocenters. The molecule has 1 unspecified atom stereocenters. The molecule has 0 aromatic carbocycles. The Morgan fingerprint density at radius 2 is 1.71 bits per heavy atom. The van der Waals surface area contributed by atoms with Gasteiger partial charge in [-0.25, -0.2) is 0 Å². The molecule has 0 amide bonds. The summed E-state index contributed by atoms with van der Waals surface area (Å²) in [6.07, 6.45) is 0. The molecule has 102 valence electrons. The van der Waals surface area contributed by atoms with Gasteiger partial charge in [0.15, 0.2) is 0 Å². The van der Waals surface area contributed by atoms with Gasteiger partial charge in [0, 0.05) is 0 Å². The number of carbonyl (C=O) groups is 1. The van der Waals surface area contributed by atoms with Gasteiger partial charge in [-0.15, -0.1) is 11.6 Å². The Bertz CT molecular complexity index is 496. The minimum atomic E-state index is -6.23. The number of rotatable bonds is 5. The fraction of sp³-hybridized carbons (Fsp3) is 0.750. The van der Waals surface area contributed by atoms with Crippen LogP contribution in [-0.2, 0) is 29.8 Å². The Kier molecular flexibility index (Phi) is 4.81. The summed E-state index contributed by atoms with van der Waals surface area (Å²) in [5.41, 5.74) is -3.81. The Labute approximate surface area is 99.0 Å². The summed E-state index contributed by atoms with van der Waals surface area (Å²) in [5, 5.41) is -5.44. The normalized spacial score (nSPS) is 15.4. The average Bonchev–Trinajstić information content (AvgIpc) is 2.09. The molecular formula is C4H5ClF2O8S2. The topological polar surface area (TPSA) is 135 Å². The summed E-state index contributed by atoms with van der Waals surface area (Å²) in [5.74, 6) is -2.81. The summed E-state index contributed by atoms with van der Waals surface area (Å²) < 4.78 is 87.0. The first-order valence-corrected chi connectivity index (χ1v) is 6.88. The number of hydrogen-bond donors (Lipinski definition) is 2. The van der Waals surface area contributed by atoms with Crippen LogP contribution in [-0.4, -0.2) is 48.5 Å². The number of ether oxygens (including phenoxy) is 1. The summed E-state index contributed by atoms with van der Waals surface area (Å²) in [7, 11) is -12.0. The van der Waals surface area contributed by atoms with Crippen LogP contribution in [0, 0.1) is 0 Å². The molecule has 13 heteroatoms. The van der Waals surface area contributed by atoms with E-state index < -0.39 is 42.8 Å². The molecule has 0 bridgehead atoms. The van der Waals surface area contributed by atoms with Crippen LogP contribution >= 0.6 is 11.6 Å². The zero-order valence-electron chi connectivity index (χ0n) is 7.58. The van der Waals surface area contributed by atoms with Crippen LogP contribution in [0.1, 0.15) is 0 Å². The van der Waals surface area contributed by atoms with Gasteiger partial charge in [-0.2, -0.15) is 25.6 Å². The molecule has 0 spiro atoms. The quantitative estimate of drug-likeness (QED) is 0.392. The van der Waals surface area contributed by atoms with Gasteiger partial charge < -0.3 is 4.74 Å². The number of halogens is 3. The number of alkyl halides is 3. The first kappa shape index (κ1) is 16.4. The third kappa shape index (κ3) is 3.99. The van der Waals surface area contributed by atoms with Gasteiger partial charge in [-0.05, 0) is 0 Å². The van der Waals surface area contributed by atoms with Crippen molar-refractivity contribution in [2.24, 2.45) is 0 Å². The first-order chi connectivity index (χ1) is 7.34. The smallest absolute Gasteiger partial charge is 0.422 e. The SMILES string of the molecule is O=C(CCl)OC(C(F)(F)S(=O)(=O)O)S(=O)(=O)O. The molecule has 0 saturated heterocycles. The van der Waals surface area contributed by atoms with Crippen LogP contribution < -0.4 is 0 Å². The van der Waals surface area contributed by atoms with Crippen LogP contribution in [0.25, 0.3) is 0 Å². The summed E-state index contributed by atoms with van der Waals surface area (Å²) in [4.78, 5) is 10.5. The van der Waals surface area contributed by atoms with Gasteiger partial charge in [0.25, 0.3) is 0 Å². The van der Waals surface area contributed by atoms with Gasteiger partial charge in [-0.1, -0.05) is 0 Å². The van der Waals surface area contributed by atoms with E-state index in [2.05, 4.69) is 4.74 Å². The lowest BCUT2D eigenvalue weighted by Crippen LogP contribution is -2.48. The van der Waals surface area contributed by atoms with Gasteiger partial charge in [0.1, 0.15) is 5.88 Å². The van der Waals surface area contributed by atoms with Crippen molar-refractivity contribution in [1.82, 2.24) is 0 Å². The van der Waals surface area contributed by atoms with Crippen LogP contribution in [0.5, 0.6) is 0 Å². The molecule has 0 saturated carbocycles. The Hall–Kier alpha value is -0.560. The highest BCUT2D eigenvalue weighted by Crippen LogP contribution is 2.30. The molecule has 2 N–H and O–H groups in total. The maximum atomic E-state index is 12.9. The molecule has 0 rings (SSSR count). The summed E-state index contributed by atoms with van der Waals surface area (Å²) in [6, 6.07) is 0. The van der Waals surface area contributed by atoms with Gasteiger partial charge in [0.05, 0.1) is 0 Å². The maximum Gasteiger partial charge on any atom is 0.422 e. The molecular weight excluding hydrogens is 314 g/mol. The van der Waals surface area contributed by atoms with Crippen molar-refractivity contribution in [3.05, 3.63) is 0 Å². The lowest BCUT2D eigenvalue weighted by atomic mass is 10.7. The molecule has 0 aromatic rings. The Morgan fingerprint density at radius 1 is 1.29 bits per heavy atom. The molecule has 0 aromatic heterocycles. The molecule has 0 aliphatic heterocycles. The zero-order chi connectivity index (χ0) is 14.1. The highest BCUT2D eigenvalue weighted by atomic mass is 35.5. The standard InChI is InChI=1S/C4H5ClF2O8S2/c5-1-2(8)15-3(16(9,10)11)4(6,7)17(12,13)14/h3H,1H2,(H,9,10,11)(H,12,13,14). The van der Waals surface area contributed by atoms with Crippen molar-refractivity contribution < 1.29 is 44.3 Å². The fourth-order valence-electron chi connectivity index (χ4n) is 0.575. The van der Waals surface area contributed by atoms with Crippen molar-refractivity contribution in [1.29, 1.82) is 0 Å². The average molecular weight is 319 g/mol. The predicted octanol–water partition coefficient (Wildman–Crippen LogP) is -0.537. The second-order valence-corrected chi connectivity index (χ2v) is 5.73. The van der Waals surface area contributed by atoms with Gasteiger partial charge in [-0.3, -0.25) is 13.9 Å². The third-order valence-electron chi connectivity index (χ3n) is 1.24. The highest BCUT2D eigenvalue weighted by Gasteiger charge is 2.60. The zero-order valence-corrected chi connectivity index (χ0v) is 9.97.